The number of hydrogen-bond acceptors (Lipinski definition) is 0. The van der Waals surface area contributed by atoms with Crippen molar-refractivity contribution in [3.63, 3.8) is 0 Å². The molecular formula is C52H48Cl2P4Ru. The van der Waals surface area contributed by atoms with Crippen LogP contribution in [0.2, 0.25) is 0 Å². The molecule has 0 atom stereocenters. The topological polar surface area (TPSA) is 0 Å². The van der Waals surface area contributed by atoms with Crippen LogP contribution in [-0.4, -0.2) is 24.6 Å². The van der Waals surface area contributed by atoms with Crippen LogP contribution in [0.4, 0.5) is 0 Å². The molecule has 8 aromatic rings. The molecule has 0 aliphatic carbocycles. The summed E-state index contributed by atoms with van der Waals surface area (Å²) >= 11 is -0.346. The molecule has 0 fully saturated rings. The van der Waals surface area contributed by atoms with E-state index in [0.717, 1.165) is 0 Å². The van der Waals surface area contributed by atoms with Crippen LogP contribution < -0.4 is 42.4 Å². The Bertz CT molecular complexity index is 1790. The average molecular weight is 969 g/mol. The minimum absolute atomic E-state index is 0.346. The second kappa shape index (κ2) is 26.1. The zero-order chi connectivity index (χ0) is 40.7. The Labute approximate surface area is 373 Å². The summed E-state index contributed by atoms with van der Waals surface area (Å²) in [4.78, 5) is 0. The van der Waals surface area contributed by atoms with Crippen molar-refractivity contribution in [3.05, 3.63) is 243 Å². The van der Waals surface area contributed by atoms with Gasteiger partial charge in [-0.05, 0) is 98.8 Å². The first kappa shape index (κ1) is 45.2. The monoisotopic (exact) mass is 968 g/mol. The first-order valence-electron chi connectivity index (χ1n) is 19.6. The van der Waals surface area contributed by atoms with Gasteiger partial charge in [-0.25, -0.2) is 0 Å². The van der Waals surface area contributed by atoms with Gasteiger partial charge in [0.25, 0.3) is 0 Å². The van der Waals surface area contributed by atoms with Crippen LogP contribution in [0.1, 0.15) is 0 Å². The normalized spacial score (nSPS) is 10.9. The summed E-state index contributed by atoms with van der Waals surface area (Å²) in [5, 5.41) is 11.8. The molecule has 298 valence electrons. The summed E-state index contributed by atoms with van der Waals surface area (Å²) < 4.78 is 0. The Morgan fingerprint density at radius 1 is 0.220 bits per heavy atom. The van der Waals surface area contributed by atoms with Gasteiger partial charge >= 0.3 is 34.5 Å². The van der Waals surface area contributed by atoms with Crippen molar-refractivity contribution in [2.45, 2.75) is 0 Å². The van der Waals surface area contributed by atoms with Crippen LogP contribution in [0.15, 0.2) is 243 Å². The van der Waals surface area contributed by atoms with Gasteiger partial charge in [-0.3, -0.25) is 0 Å². The standard InChI is InChI=1S/2C26H24P2.2ClH.Ru/c2*1-5-13-23(14-6-1)27(24-15-7-2-8-16-24)21-22-28(25-17-9-3-10-18-25)26-19-11-4-12-20-26;;;/h2*1-20H,21-22H2;2*1H;/q;;;;+2/p-2. The summed E-state index contributed by atoms with van der Waals surface area (Å²) in [5.41, 5.74) is 0. The average Bonchev–Trinajstić information content (AvgIpc) is 3.32. The first-order valence-corrected chi connectivity index (χ1v) is 30.2. The van der Waals surface area contributed by atoms with E-state index in [1.54, 1.807) is 0 Å². The molecule has 0 nitrogen and oxygen atoms in total. The third-order valence-corrected chi connectivity index (χ3v) is 20.4. The molecule has 0 unspecified atom stereocenters. The van der Waals surface area contributed by atoms with E-state index in [1.807, 2.05) is 0 Å². The predicted molar refractivity (Wildman–Crippen MR) is 267 cm³/mol. The first-order chi connectivity index (χ1) is 29.2. The maximum Gasteiger partial charge on any atom is -0.0195 e. The van der Waals surface area contributed by atoms with E-state index in [4.69, 9.17) is 19.4 Å². The van der Waals surface area contributed by atoms with Gasteiger partial charge in [0.2, 0.25) is 0 Å². The van der Waals surface area contributed by atoms with Gasteiger partial charge in [0, 0.05) is 0 Å². The SMILES string of the molecule is [Cl][Ru][Cl].c1ccc(P(CCP(c2ccccc2)c2ccccc2)c2ccccc2)cc1.c1ccc(P(CCP(c2ccccc2)c2ccccc2)c2ccccc2)cc1. The van der Waals surface area contributed by atoms with Gasteiger partial charge in [-0.1, -0.05) is 243 Å². The smallest absolute Gasteiger partial charge is 0.0195 e. The van der Waals surface area contributed by atoms with E-state index >= 15 is 0 Å². The molecule has 0 saturated carbocycles. The summed E-state index contributed by atoms with van der Waals surface area (Å²) in [5.74, 6) is 0. The van der Waals surface area contributed by atoms with E-state index in [2.05, 4.69) is 243 Å². The molecule has 0 N–H and O–H groups in total. The number of rotatable bonds is 14. The summed E-state index contributed by atoms with van der Waals surface area (Å²) in [7, 11) is 8.32. The number of hydrogen-bond donors (Lipinski definition) is 0. The van der Waals surface area contributed by atoms with Crippen molar-refractivity contribution in [3.8, 4) is 0 Å². The molecule has 0 amide bonds. The van der Waals surface area contributed by atoms with E-state index in [1.165, 1.54) is 67.1 Å². The fraction of sp³-hybridized carbons (Fsp3) is 0.0769. The zero-order valence-corrected chi connectivity index (χ0v) is 39.6. The van der Waals surface area contributed by atoms with E-state index in [-0.39, 0.29) is 46.8 Å². The molecule has 0 bridgehead atoms. The van der Waals surface area contributed by atoms with E-state index in [9.17, 15) is 0 Å². The van der Waals surface area contributed by atoms with Crippen molar-refractivity contribution in [2.75, 3.05) is 24.6 Å². The van der Waals surface area contributed by atoms with Crippen molar-refractivity contribution in [1.82, 2.24) is 0 Å². The molecule has 0 radical (unpaired) electrons. The van der Waals surface area contributed by atoms with Gasteiger partial charge < -0.3 is 0 Å². The summed E-state index contributed by atoms with van der Waals surface area (Å²) in [6.07, 6.45) is 4.83. The third kappa shape index (κ3) is 14.4. The second-order valence-electron chi connectivity index (χ2n) is 13.3. The van der Waals surface area contributed by atoms with Crippen LogP contribution in [0.3, 0.4) is 0 Å². The van der Waals surface area contributed by atoms with Crippen molar-refractivity contribution in [2.24, 2.45) is 0 Å². The minimum Gasteiger partial charge on any atom is -0.0622 e. The molecule has 8 rings (SSSR count). The molecule has 59 heavy (non-hydrogen) atoms. The Kier molecular flexibility index (Phi) is 20.0. The van der Waals surface area contributed by atoms with Gasteiger partial charge in [0.1, 0.15) is 0 Å². The quantitative estimate of drug-likeness (QED) is 0.0752. The largest absolute Gasteiger partial charge is 0.0622 e. The predicted octanol–water partition coefficient (Wildman–Crippen LogP) is 11.9. The van der Waals surface area contributed by atoms with Crippen molar-refractivity contribution >= 4 is 93.5 Å². The molecule has 0 heterocycles. The number of benzene rings is 8. The zero-order valence-electron chi connectivity index (χ0n) is 32.8. The molecule has 0 aromatic heterocycles. The Hall–Kier alpha value is -3.32. The Balaban J connectivity index is 0.000000186. The van der Waals surface area contributed by atoms with Crippen molar-refractivity contribution in [1.29, 1.82) is 0 Å². The molecule has 0 aliphatic heterocycles. The van der Waals surface area contributed by atoms with Crippen LogP contribution in [0.5, 0.6) is 0 Å². The Morgan fingerprint density at radius 2 is 0.322 bits per heavy atom. The van der Waals surface area contributed by atoms with Gasteiger partial charge in [-0.15, -0.1) is 0 Å². The molecule has 8 aromatic carbocycles. The van der Waals surface area contributed by atoms with Gasteiger partial charge in [0.15, 0.2) is 0 Å². The maximum absolute atomic E-state index is 4.85. The van der Waals surface area contributed by atoms with Gasteiger partial charge in [-0.2, -0.15) is 0 Å². The molecule has 0 saturated heterocycles. The fourth-order valence-corrected chi connectivity index (χ4v) is 17.6. The van der Waals surface area contributed by atoms with Gasteiger partial charge in [0.05, 0.1) is 0 Å². The molecule has 0 spiro atoms. The summed E-state index contributed by atoms with van der Waals surface area (Å²) in [6, 6.07) is 88.4. The maximum atomic E-state index is 4.85. The second-order valence-corrected chi connectivity index (χ2v) is 25.3. The van der Waals surface area contributed by atoms with Crippen molar-refractivity contribution < 1.29 is 15.1 Å². The summed E-state index contributed by atoms with van der Waals surface area (Å²) in [6.45, 7) is 0. The Morgan fingerprint density at radius 3 is 0.424 bits per heavy atom. The van der Waals surface area contributed by atoms with Crippen LogP contribution >= 0.6 is 51.1 Å². The van der Waals surface area contributed by atoms with E-state index in [0.29, 0.717) is 0 Å². The molecule has 0 aliphatic rings. The van der Waals surface area contributed by atoms with Crippen LogP contribution in [-0.2, 0) is 15.1 Å². The minimum atomic E-state index is -0.348. The number of halogens is 2. The molecular weight excluding hydrogens is 920 g/mol. The third-order valence-electron chi connectivity index (χ3n) is 9.64. The van der Waals surface area contributed by atoms with Crippen LogP contribution in [0, 0.1) is 0 Å². The fourth-order valence-electron chi connectivity index (χ4n) is 6.89. The van der Waals surface area contributed by atoms with E-state index < -0.39 is 0 Å². The van der Waals surface area contributed by atoms with Crippen LogP contribution in [0.25, 0.3) is 0 Å². The molecule has 7 heteroatoms.